The number of piperazine rings is 1. The monoisotopic (exact) mass is 382 g/mol. The standard InChI is InChI=1S/C19H22N6OS/c1-13-11-24(18-5-4-14(2)27-18)8-9-25(13)19-22-16(10-17(26)23(19)3)15-6-7-20-12-21-15/h4-7,10,12-13H,8-9,11H2,1-3H3/t13-/m1/s1. The Hall–Kier alpha value is -2.74. The number of thiophene rings is 1. The normalized spacial score (nSPS) is 17.4. The lowest BCUT2D eigenvalue weighted by atomic mass is 10.2. The van der Waals surface area contributed by atoms with Crippen LogP contribution in [-0.2, 0) is 7.05 Å². The molecule has 0 saturated carbocycles. The highest BCUT2D eigenvalue weighted by Gasteiger charge is 2.27. The van der Waals surface area contributed by atoms with E-state index in [4.69, 9.17) is 4.98 Å². The molecule has 8 heteroatoms. The summed E-state index contributed by atoms with van der Waals surface area (Å²) in [6, 6.07) is 7.88. The summed E-state index contributed by atoms with van der Waals surface area (Å²) in [6.45, 7) is 6.92. The SMILES string of the molecule is Cc1ccc(N2CCN(c3nc(-c4ccncn4)cc(=O)n3C)[C@H](C)C2)s1. The van der Waals surface area contributed by atoms with E-state index >= 15 is 0 Å². The Balaban J connectivity index is 1.63. The molecule has 3 aromatic heterocycles. The maximum Gasteiger partial charge on any atom is 0.255 e. The topological polar surface area (TPSA) is 67.2 Å². The summed E-state index contributed by atoms with van der Waals surface area (Å²) >= 11 is 1.82. The van der Waals surface area contributed by atoms with Crippen LogP contribution in [0.4, 0.5) is 10.9 Å². The van der Waals surface area contributed by atoms with Crippen LogP contribution in [0.3, 0.4) is 0 Å². The Kier molecular flexibility index (Phi) is 4.65. The van der Waals surface area contributed by atoms with E-state index in [1.54, 1.807) is 23.9 Å². The minimum atomic E-state index is -0.0860. The van der Waals surface area contributed by atoms with Gasteiger partial charge in [0.25, 0.3) is 5.56 Å². The Morgan fingerprint density at radius 2 is 2.04 bits per heavy atom. The highest BCUT2D eigenvalue weighted by Crippen LogP contribution is 2.28. The number of rotatable bonds is 3. The summed E-state index contributed by atoms with van der Waals surface area (Å²) in [5.41, 5.74) is 1.15. The summed E-state index contributed by atoms with van der Waals surface area (Å²) in [6.07, 6.45) is 3.13. The lowest BCUT2D eigenvalue weighted by Gasteiger charge is -2.41. The fourth-order valence-electron chi connectivity index (χ4n) is 3.40. The van der Waals surface area contributed by atoms with Crippen molar-refractivity contribution in [1.29, 1.82) is 0 Å². The molecule has 0 aliphatic carbocycles. The summed E-state index contributed by atoms with van der Waals surface area (Å²) in [7, 11) is 1.77. The molecule has 1 saturated heterocycles. The van der Waals surface area contributed by atoms with E-state index in [1.807, 2.05) is 11.3 Å². The van der Waals surface area contributed by atoms with E-state index in [-0.39, 0.29) is 11.6 Å². The number of hydrogen-bond acceptors (Lipinski definition) is 7. The second-order valence-electron chi connectivity index (χ2n) is 6.81. The lowest BCUT2D eigenvalue weighted by Crippen LogP contribution is -2.53. The van der Waals surface area contributed by atoms with Crippen LogP contribution in [0.25, 0.3) is 11.4 Å². The van der Waals surface area contributed by atoms with Crippen molar-refractivity contribution in [3.05, 3.63) is 52.0 Å². The van der Waals surface area contributed by atoms with E-state index in [0.29, 0.717) is 17.3 Å². The molecule has 1 atom stereocenters. The van der Waals surface area contributed by atoms with E-state index in [1.165, 1.54) is 22.3 Å². The predicted octanol–water partition coefficient (Wildman–Crippen LogP) is 2.32. The average Bonchev–Trinajstić information content (AvgIpc) is 3.11. The van der Waals surface area contributed by atoms with Crippen LogP contribution in [0.15, 0.2) is 41.6 Å². The Labute approximate surface area is 162 Å². The molecule has 1 aliphatic heterocycles. The van der Waals surface area contributed by atoms with Gasteiger partial charge in [-0.1, -0.05) is 0 Å². The van der Waals surface area contributed by atoms with Crippen molar-refractivity contribution in [2.45, 2.75) is 19.9 Å². The Bertz CT molecular complexity index is 999. The summed E-state index contributed by atoms with van der Waals surface area (Å²) in [5, 5.41) is 1.30. The molecule has 4 rings (SSSR count). The van der Waals surface area contributed by atoms with Crippen molar-refractivity contribution in [2.75, 3.05) is 29.4 Å². The molecule has 3 aromatic rings. The number of aryl methyl sites for hydroxylation is 1. The van der Waals surface area contributed by atoms with Gasteiger partial charge in [0.2, 0.25) is 5.95 Å². The van der Waals surface area contributed by atoms with Crippen LogP contribution >= 0.6 is 11.3 Å². The molecule has 140 valence electrons. The highest BCUT2D eigenvalue weighted by molar-refractivity contribution is 7.16. The zero-order valence-corrected chi connectivity index (χ0v) is 16.5. The van der Waals surface area contributed by atoms with Crippen molar-refractivity contribution in [3.63, 3.8) is 0 Å². The van der Waals surface area contributed by atoms with Crippen molar-refractivity contribution in [3.8, 4) is 11.4 Å². The van der Waals surface area contributed by atoms with Gasteiger partial charge in [-0.15, -0.1) is 11.3 Å². The molecule has 27 heavy (non-hydrogen) atoms. The molecular formula is C19H22N6OS. The zero-order valence-electron chi connectivity index (χ0n) is 15.7. The molecule has 0 unspecified atom stereocenters. The van der Waals surface area contributed by atoms with Crippen LogP contribution in [0, 0.1) is 6.92 Å². The van der Waals surface area contributed by atoms with Crippen LogP contribution < -0.4 is 15.4 Å². The van der Waals surface area contributed by atoms with E-state index in [2.05, 4.69) is 45.7 Å². The second-order valence-corrected chi connectivity index (χ2v) is 8.07. The first-order valence-corrected chi connectivity index (χ1v) is 9.77. The van der Waals surface area contributed by atoms with Crippen molar-refractivity contribution >= 4 is 22.3 Å². The molecule has 0 amide bonds. The number of hydrogen-bond donors (Lipinski definition) is 0. The van der Waals surface area contributed by atoms with Gasteiger partial charge < -0.3 is 9.80 Å². The molecular weight excluding hydrogens is 360 g/mol. The molecule has 0 bridgehead atoms. The number of aromatic nitrogens is 4. The Morgan fingerprint density at radius 3 is 2.70 bits per heavy atom. The minimum absolute atomic E-state index is 0.0860. The van der Waals surface area contributed by atoms with Gasteiger partial charge >= 0.3 is 0 Å². The maximum absolute atomic E-state index is 12.5. The third-order valence-corrected chi connectivity index (χ3v) is 5.94. The van der Waals surface area contributed by atoms with Gasteiger partial charge in [0.05, 0.1) is 16.4 Å². The summed E-state index contributed by atoms with van der Waals surface area (Å²) in [5.74, 6) is 0.686. The van der Waals surface area contributed by atoms with Gasteiger partial charge in [-0.05, 0) is 32.0 Å². The third kappa shape index (κ3) is 3.44. The summed E-state index contributed by atoms with van der Waals surface area (Å²) in [4.78, 5) is 31.4. The first kappa shape index (κ1) is 17.7. The molecule has 0 spiro atoms. The molecule has 4 heterocycles. The van der Waals surface area contributed by atoms with Crippen molar-refractivity contribution < 1.29 is 0 Å². The average molecular weight is 382 g/mol. The first-order chi connectivity index (χ1) is 13.0. The van der Waals surface area contributed by atoms with Gasteiger partial charge in [0, 0.05) is 49.9 Å². The lowest BCUT2D eigenvalue weighted by molar-refractivity contribution is 0.531. The third-order valence-electron chi connectivity index (χ3n) is 4.88. The van der Waals surface area contributed by atoms with Gasteiger partial charge in [0.15, 0.2) is 0 Å². The van der Waals surface area contributed by atoms with Gasteiger partial charge in [0.1, 0.15) is 6.33 Å². The van der Waals surface area contributed by atoms with Crippen LogP contribution in [0.5, 0.6) is 0 Å². The molecule has 0 radical (unpaired) electrons. The minimum Gasteiger partial charge on any atom is -0.360 e. The van der Waals surface area contributed by atoms with Crippen molar-refractivity contribution in [1.82, 2.24) is 19.5 Å². The quantitative estimate of drug-likeness (QED) is 0.693. The predicted molar refractivity (Wildman–Crippen MR) is 109 cm³/mol. The number of nitrogens with zero attached hydrogens (tertiary/aromatic N) is 6. The Morgan fingerprint density at radius 1 is 1.19 bits per heavy atom. The van der Waals surface area contributed by atoms with Crippen molar-refractivity contribution in [2.24, 2.45) is 7.05 Å². The van der Waals surface area contributed by atoms with E-state index < -0.39 is 0 Å². The van der Waals surface area contributed by atoms with Crippen LogP contribution in [0.2, 0.25) is 0 Å². The second kappa shape index (κ2) is 7.11. The van der Waals surface area contributed by atoms with Gasteiger partial charge in [-0.3, -0.25) is 9.36 Å². The molecule has 0 aromatic carbocycles. The van der Waals surface area contributed by atoms with Crippen LogP contribution in [-0.4, -0.2) is 45.2 Å². The molecule has 1 fully saturated rings. The smallest absolute Gasteiger partial charge is 0.255 e. The summed E-state index contributed by atoms with van der Waals surface area (Å²) < 4.78 is 1.62. The van der Waals surface area contributed by atoms with Gasteiger partial charge in [-0.25, -0.2) is 15.0 Å². The van der Waals surface area contributed by atoms with E-state index in [9.17, 15) is 4.79 Å². The fourth-order valence-corrected chi connectivity index (χ4v) is 4.30. The molecule has 1 aliphatic rings. The van der Waals surface area contributed by atoms with E-state index in [0.717, 1.165) is 19.6 Å². The number of anilines is 2. The zero-order chi connectivity index (χ0) is 19.0. The maximum atomic E-state index is 12.5. The van der Waals surface area contributed by atoms with Gasteiger partial charge in [-0.2, -0.15) is 0 Å². The first-order valence-electron chi connectivity index (χ1n) is 8.95. The van der Waals surface area contributed by atoms with Crippen LogP contribution in [0.1, 0.15) is 11.8 Å². The fraction of sp³-hybridized carbons (Fsp3) is 0.368. The molecule has 0 N–H and O–H groups in total. The largest absolute Gasteiger partial charge is 0.360 e. The highest BCUT2D eigenvalue weighted by atomic mass is 32.1. The molecule has 7 nitrogen and oxygen atoms in total.